The molecule has 3 rings (SSSR count). The van der Waals surface area contributed by atoms with Crippen molar-refractivity contribution in [1.29, 1.82) is 0 Å². The summed E-state index contributed by atoms with van der Waals surface area (Å²) in [5, 5.41) is 21.3. The van der Waals surface area contributed by atoms with E-state index in [1.165, 1.54) is 0 Å². The van der Waals surface area contributed by atoms with Gasteiger partial charge in [-0.2, -0.15) is 9.61 Å². The normalized spacial score (nSPS) is 12.8. The highest BCUT2D eigenvalue weighted by Crippen LogP contribution is 2.24. The summed E-state index contributed by atoms with van der Waals surface area (Å²) in [5.41, 5.74) is 4.03. The smallest absolute Gasteiger partial charge is 0.158 e. The standard InChI is InChI=1S/C15H19N5O2/c1-8(21)7-16-15-10(3)11(4)17-14-6-12(18-20(14)15)13-5-9(2)22-19-13/h5-6,8,16,21H,7H2,1-4H3. The highest BCUT2D eigenvalue weighted by Gasteiger charge is 2.15. The van der Waals surface area contributed by atoms with Crippen LogP contribution in [0.2, 0.25) is 0 Å². The lowest BCUT2D eigenvalue weighted by molar-refractivity contribution is 0.208. The molecule has 0 spiro atoms. The van der Waals surface area contributed by atoms with Crippen molar-refractivity contribution in [2.75, 3.05) is 11.9 Å². The maximum Gasteiger partial charge on any atom is 0.158 e. The Morgan fingerprint density at radius 2 is 2.05 bits per heavy atom. The van der Waals surface area contributed by atoms with Crippen molar-refractivity contribution in [3.05, 3.63) is 29.2 Å². The van der Waals surface area contributed by atoms with Crippen LogP contribution in [-0.2, 0) is 0 Å². The van der Waals surface area contributed by atoms with Gasteiger partial charge < -0.3 is 14.9 Å². The van der Waals surface area contributed by atoms with E-state index in [4.69, 9.17) is 4.52 Å². The molecule has 0 bridgehead atoms. The third-order valence-corrected chi connectivity index (χ3v) is 3.54. The Bertz CT molecular complexity index is 819. The third-order valence-electron chi connectivity index (χ3n) is 3.54. The summed E-state index contributed by atoms with van der Waals surface area (Å²) in [6.45, 7) is 7.95. The lowest BCUT2D eigenvalue weighted by atomic mass is 10.2. The van der Waals surface area contributed by atoms with Crippen molar-refractivity contribution in [1.82, 2.24) is 19.8 Å². The average molecular weight is 301 g/mol. The van der Waals surface area contributed by atoms with Crippen molar-refractivity contribution in [3.8, 4) is 11.4 Å². The molecule has 0 amide bonds. The lowest BCUT2D eigenvalue weighted by Gasteiger charge is -2.14. The lowest BCUT2D eigenvalue weighted by Crippen LogP contribution is -2.18. The first-order chi connectivity index (χ1) is 10.5. The fourth-order valence-corrected chi connectivity index (χ4v) is 2.27. The predicted octanol–water partition coefficient (Wildman–Crippen LogP) is 2.10. The van der Waals surface area contributed by atoms with Crippen molar-refractivity contribution < 1.29 is 9.63 Å². The third kappa shape index (κ3) is 2.55. The zero-order valence-corrected chi connectivity index (χ0v) is 13.1. The van der Waals surface area contributed by atoms with Gasteiger partial charge in [0.2, 0.25) is 0 Å². The molecular formula is C15H19N5O2. The van der Waals surface area contributed by atoms with Crippen molar-refractivity contribution in [2.24, 2.45) is 0 Å². The maximum absolute atomic E-state index is 9.50. The van der Waals surface area contributed by atoms with Crippen LogP contribution < -0.4 is 5.32 Å². The molecule has 0 aromatic carbocycles. The molecule has 3 aromatic rings. The van der Waals surface area contributed by atoms with Crippen molar-refractivity contribution in [3.63, 3.8) is 0 Å². The second-order valence-electron chi connectivity index (χ2n) is 5.52. The van der Waals surface area contributed by atoms with Crippen LogP contribution in [0.5, 0.6) is 0 Å². The Morgan fingerprint density at radius 1 is 1.27 bits per heavy atom. The first-order valence-corrected chi connectivity index (χ1v) is 7.18. The molecule has 1 unspecified atom stereocenters. The van der Waals surface area contributed by atoms with E-state index in [1.807, 2.05) is 32.9 Å². The van der Waals surface area contributed by atoms with Crippen molar-refractivity contribution in [2.45, 2.75) is 33.8 Å². The summed E-state index contributed by atoms with van der Waals surface area (Å²) >= 11 is 0. The molecule has 0 radical (unpaired) electrons. The van der Waals surface area contributed by atoms with Gasteiger partial charge in [0, 0.05) is 29.9 Å². The predicted molar refractivity (Wildman–Crippen MR) is 82.9 cm³/mol. The zero-order chi connectivity index (χ0) is 15.9. The number of anilines is 1. The van der Waals surface area contributed by atoms with E-state index >= 15 is 0 Å². The fraction of sp³-hybridized carbons (Fsp3) is 0.400. The molecule has 0 saturated carbocycles. The summed E-state index contributed by atoms with van der Waals surface area (Å²) in [6, 6.07) is 3.71. The van der Waals surface area contributed by atoms with E-state index in [9.17, 15) is 5.11 Å². The van der Waals surface area contributed by atoms with Crippen LogP contribution in [0.15, 0.2) is 16.7 Å². The van der Waals surface area contributed by atoms with Gasteiger partial charge >= 0.3 is 0 Å². The van der Waals surface area contributed by atoms with Gasteiger partial charge in [0.15, 0.2) is 5.65 Å². The van der Waals surface area contributed by atoms with E-state index in [0.29, 0.717) is 17.9 Å². The Balaban J connectivity index is 2.12. The number of rotatable bonds is 4. The van der Waals surface area contributed by atoms with Gasteiger partial charge in [-0.1, -0.05) is 5.16 Å². The van der Waals surface area contributed by atoms with Gasteiger partial charge in [0.1, 0.15) is 23.0 Å². The molecule has 0 saturated heterocycles. The molecule has 7 nitrogen and oxygen atoms in total. The molecule has 2 N–H and O–H groups in total. The van der Waals surface area contributed by atoms with Gasteiger partial charge in [-0.05, 0) is 27.7 Å². The average Bonchev–Trinajstić information content (AvgIpc) is 3.05. The van der Waals surface area contributed by atoms with Gasteiger partial charge in [0.25, 0.3) is 0 Å². The number of nitrogens with one attached hydrogen (secondary N) is 1. The molecule has 3 heterocycles. The van der Waals surface area contributed by atoms with Gasteiger partial charge in [-0.25, -0.2) is 4.98 Å². The number of aliphatic hydroxyl groups excluding tert-OH is 1. The monoisotopic (exact) mass is 301 g/mol. The highest BCUT2D eigenvalue weighted by molar-refractivity contribution is 5.64. The van der Waals surface area contributed by atoms with E-state index < -0.39 is 6.10 Å². The van der Waals surface area contributed by atoms with E-state index in [2.05, 4.69) is 20.6 Å². The van der Waals surface area contributed by atoms with Crippen LogP contribution in [0.1, 0.15) is 23.9 Å². The summed E-state index contributed by atoms with van der Waals surface area (Å²) in [4.78, 5) is 4.56. The summed E-state index contributed by atoms with van der Waals surface area (Å²) in [7, 11) is 0. The van der Waals surface area contributed by atoms with Crippen LogP contribution in [0.25, 0.3) is 17.0 Å². The largest absolute Gasteiger partial charge is 0.392 e. The molecule has 0 aliphatic rings. The van der Waals surface area contributed by atoms with E-state index in [0.717, 1.165) is 28.5 Å². The minimum Gasteiger partial charge on any atom is -0.392 e. The quantitative estimate of drug-likeness (QED) is 0.767. The number of nitrogens with zero attached hydrogens (tertiary/aromatic N) is 4. The van der Waals surface area contributed by atoms with Gasteiger partial charge in [0.05, 0.1) is 6.10 Å². The summed E-state index contributed by atoms with van der Waals surface area (Å²) in [5.74, 6) is 1.56. The van der Waals surface area contributed by atoms with Gasteiger partial charge in [-0.15, -0.1) is 0 Å². The number of aryl methyl sites for hydroxylation is 2. The SMILES string of the molecule is Cc1cc(-c2cc3nc(C)c(C)c(NCC(C)O)n3n2)no1. The van der Waals surface area contributed by atoms with Crippen LogP contribution in [0, 0.1) is 20.8 Å². The maximum atomic E-state index is 9.50. The van der Waals surface area contributed by atoms with E-state index in [-0.39, 0.29) is 0 Å². The molecule has 116 valence electrons. The first-order valence-electron chi connectivity index (χ1n) is 7.18. The molecular weight excluding hydrogens is 282 g/mol. The molecule has 0 aliphatic heterocycles. The van der Waals surface area contributed by atoms with Crippen LogP contribution in [0.4, 0.5) is 5.82 Å². The minimum atomic E-state index is -0.448. The van der Waals surface area contributed by atoms with Gasteiger partial charge in [-0.3, -0.25) is 0 Å². The number of fused-ring (bicyclic) bond motifs is 1. The highest BCUT2D eigenvalue weighted by atomic mass is 16.5. The van der Waals surface area contributed by atoms with E-state index in [1.54, 1.807) is 11.4 Å². The first kappa shape index (κ1) is 14.5. The van der Waals surface area contributed by atoms with Crippen LogP contribution in [-0.4, -0.2) is 37.5 Å². The number of hydrogen-bond acceptors (Lipinski definition) is 6. The topological polar surface area (TPSA) is 88.5 Å². The Kier molecular flexibility index (Phi) is 3.58. The van der Waals surface area contributed by atoms with Crippen molar-refractivity contribution >= 4 is 11.5 Å². The van der Waals surface area contributed by atoms with Crippen LogP contribution in [0.3, 0.4) is 0 Å². The van der Waals surface area contributed by atoms with Crippen LogP contribution >= 0.6 is 0 Å². The summed E-state index contributed by atoms with van der Waals surface area (Å²) in [6.07, 6.45) is -0.448. The number of hydrogen-bond donors (Lipinski definition) is 2. The Labute approximate surface area is 128 Å². The summed E-state index contributed by atoms with van der Waals surface area (Å²) < 4.78 is 6.84. The molecule has 7 heteroatoms. The second kappa shape index (κ2) is 5.42. The Morgan fingerprint density at radius 3 is 2.68 bits per heavy atom. The molecule has 0 aliphatic carbocycles. The molecule has 3 aromatic heterocycles. The molecule has 0 fully saturated rings. The zero-order valence-electron chi connectivity index (χ0n) is 13.1. The number of aromatic nitrogens is 4. The molecule has 1 atom stereocenters. The number of aliphatic hydroxyl groups is 1. The minimum absolute atomic E-state index is 0.442. The fourth-order valence-electron chi connectivity index (χ4n) is 2.27. The Hall–Kier alpha value is -2.41. The second-order valence-corrected chi connectivity index (χ2v) is 5.52. The molecule has 22 heavy (non-hydrogen) atoms.